The number of benzene rings is 1. The second kappa shape index (κ2) is 10.0. The Morgan fingerprint density at radius 3 is 2.72 bits per heavy atom. The van der Waals surface area contributed by atoms with Crippen LogP contribution in [0.3, 0.4) is 0 Å². The molecule has 1 saturated heterocycles. The molecule has 1 aliphatic rings. The van der Waals surface area contributed by atoms with E-state index in [2.05, 4.69) is 14.9 Å². The Morgan fingerprint density at radius 1 is 1.24 bits per heavy atom. The number of hydrogen-bond acceptors (Lipinski definition) is 6. The minimum absolute atomic E-state index is 0.184. The molecule has 0 amide bonds. The Morgan fingerprint density at radius 2 is 2.00 bits per heavy atom. The first kappa shape index (κ1) is 19.2. The van der Waals surface area contributed by atoms with Gasteiger partial charge in [0.2, 0.25) is 0 Å². The molecule has 1 aromatic heterocycles. The monoisotopic (exact) mass is 349 g/mol. The Hall–Kier alpha value is -2.12. The van der Waals surface area contributed by atoms with E-state index in [9.17, 15) is 4.79 Å². The third-order valence-corrected chi connectivity index (χ3v) is 3.91. The lowest BCUT2D eigenvalue weighted by Crippen LogP contribution is -2.37. The minimum Gasteiger partial charge on any atom is -0.493 e. The molecule has 0 radical (unpaired) electrons. The summed E-state index contributed by atoms with van der Waals surface area (Å²) in [6.45, 7) is 9.09. The molecule has 0 atom stereocenters. The Balaban J connectivity index is 0.00000109. The third-order valence-electron chi connectivity index (χ3n) is 3.91. The average molecular weight is 349 g/mol. The van der Waals surface area contributed by atoms with Crippen LogP contribution in [0.5, 0.6) is 11.5 Å². The lowest BCUT2D eigenvalue weighted by molar-refractivity contribution is 0.0357. The Bertz CT molecular complexity index is 711. The van der Waals surface area contributed by atoms with Crippen molar-refractivity contribution in [1.82, 2.24) is 14.9 Å². The van der Waals surface area contributed by atoms with Crippen LogP contribution in [0, 0.1) is 0 Å². The van der Waals surface area contributed by atoms with Gasteiger partial charge in [-0.3, -0.25) is 9.69 Å². The summed E-state index contributed by atoms with van der Waals surface area (Å²) in [6.07, 6.45) is 2.29. The highest BCUT2D eigenvalue weighted by Gasteiger charge is 2.12. The van der Waals surface area contributed by atoms with Crippen LogP contribution in [0.1, 0.15) is 20.3 Å². The van der Waals surface area contributed by atoms with Crippen LogP contribution in [0.15, 0.2) is 23.3 Å². The van der Waals surface area contributed by atoms with E-state index >= 15 is 0 Å². The van der Waals surface area contributed by atoms with Crippen LogP contribution >= 0.6 is 0 Å². The van der Waals surface area contributed by atoms with Gasteiger partial charge in [-0.2, -0.15) is 0 Å². The Labute approximate surface area is 147 Å². The van der Waals surface area contributed by atoms with Gasteiger partial charge in [0, 0.05) is 25.7 Å². The third kappa shape index (κ3) is 5.17. The van der Waals surface area contributed by atoms with Crippen LogP contribution in [-0.2, 0) is 4.74 Å². The number of H-pyrrole nitrogens is 1. The zero-order valence-electron chi connectivity index (χ0n) is 15.2. The van der Waals surface area contributed by atoms with Gasteiger partial charge in [0.1, 0.15) is 0 Å². The first-order chi connectivity index (χ1) is 12.3. The van der Waals surface area contributed by atoms with E-state index < -0.39 is 0 Å². The molecule has 0 unspecified atom stereocenters. The van der Waals surface area contributed by atoms with E-state index in [4.69, 9.17) is 14.2 Å². The smallest absolute Gasteiger partial charge is 0.258 e. The van der Waals surface area contributed by atoms with Crippen LogP contribution in [0.25, 0.3) is 10.9 Å². The van der Waals surface area contributed by atoms with Crippen LogP contribution in [0.4, 0.5) is 0 Å². The molecule has 1 N–H and O–H groups in total. The first-order valence-electron chi connectivity index (χ1n) is 8.76. The highest BCUT2D eigenvalue weighted by Crippen LogP contribution is 2.30. The topological polar surface area (TPSA) is 76.7 Å². The van der Waals surface area contributed by atoms with Crippen molar-refractivity contribution < 1.29 is 14.2 Å². The standard InChI is InChI=1S/C16H21N3O4.C2H6/c1-21-14-10-13-12(16(20)18-11-17-13)9-15(14)23-6-2-3-19-4-7-22-8-5-19;1-2/h9-11H,2-8H2,1H3,(H,17,18,20);1-2H3. The van der Waals surface area contributed by atoms with Crippen molar-refractivity contribution in [3.8, 4) is 11.5 Å². The summed E-state index contributed by atoms with van der Waals surface area (Å²) in [5.41, 5.74) is 0.405. The predicted octanol–water partition coefficient (Wildman–Crippen LogP) is 2.06. The summed E-state index contributed by atoms with van der Waals surface area (Å²) in [5.74, 6) is 1.16. The molecule has 7 heteroatoms. The van der Waals surface area contributed by atoms with Crippen molar-refractivity contribution in [2.75, 3.05) is 46.6 Å². The summed E-state index contributed by atoms with van der Waals surface area (Å²) in [6, 6.07) is 3.41. The fourth-order valence-corrected chi connectivity index (χ4v) is 2.64. The molecule has 25 heavy (non-hydrogen) atoms. The first-order valence-corrected chi connectivity index (χ1v) is 8.76. The number of hydrogen-bond donors (Lipinski definition) is 1. The maximum absolute atomic E-state index is 11.9. The SMILES string of the molecule is CC.COc1cc2nc[nH]c(=O)c2cc1OCCCN1CCOCC1. The lowest BCUT2D eigenvalue weighted by atomic mass is 10.2. The van der Waals surface area contributed by atoms with Gasteiger partial charge in [-0.05, 0) is 12.5 Å². The van der Waals surface area contributed by atoms with E-state index in [-0.39, 0.29) is 5.56 Å². The second-order valence-electron chi connectivity index (χ2n) is 5.41. The molecule has 1 aromatic carbocycles. The van der Waals surface area contributed by atoms with Crippen molar-refractivity contribution in [1.29, 1.82) is 0 Å². The second-order valence-corrected chi connectivity index (χ2v) is 5.41. The molecule has 2 aromatic rings. The van der Waals surface area contributed by atoms with E-state index in [0.717, 1.165) is 39.3 Å². The number of morpholine rings is 1. The van der Waals surface area contributed by atoms with E-state index in [1.807, 2.05) is 13.8 Å². The molecule has 3 rings (SSSR count). The van der Waals surface area contributed by atoms with Gasteiger partial charge in [-0.25, -0.2) is 4.98 Å². The maximum atomic E-state index is 11.9. The van der Waals surface area contributed by atoms with Crippen molar-refractivity contribution in [2.24, 2.45) is 0 Å². The zero-order valence-corrected chi connectivity index (χ0v) is 15.2. The van der Waals surface area contributed by atoms with Gasteiger partial charge < -0.3 is 19.2 Å². The highest BCUT2D eigenvalue weighted by molar-refractivity contribution is 5.81. The molecule has 138 valence electrons. The molecule has 1 fully saturated rings. The quantitative estimate of drug-likeness (QED) is 0.805. The molecular formula is C18H27N3O4. The van der Waals surface area contributed by atoms with Gasteiger partial charge in [0.05, 0.1) is 44.2 Å². The lowest BCUT2D eigenvalue weighted by Gasteiger charge is -2.26. The van der Waals surface area contributed by atoms with Crippen molar-refractivity contribution >= 4 is 10.9 Å². The molecule has 0 saturated carbocycles. The maximum Gasteiger partial charge on any atom is 0.258 e. The molecule has 0 spiro atoms. The van der Waals surface area contributed by atoms with Gasteiger partial charge in [-0.1, -0.05) is 13.8 Å². The fraction of sp³-hybridized carbons (Fsp3) is 0.556. The van der Waals surface area contributed by atoms with Crippen LogP contribution < -0.4 is 15.0 Å². The molecule has 7 nitrogen and oxygen atoms in total. The fourth-order valence-electron chi connectivity index (χ4n) is 2.64. The number of rotatable bonds is 6. The summed E-state index contributed by atoms with van der Waals surface area (Å²) >= 11 is 0. The average Bonchev–Trinajstić information content (AvgIpc) is 2.67. The number of ether oxygens (including phenoxy) is 3. The number of aromatic nitrogens is 2. The van der Waals surface area contributed by atoms with Gasteiger partial charge in [0.25, 0.3) is 5.56 Å². The summed E-state index contributed by atoms with van der Waals surface area (Å²) in [5, 5.41) is 0.497. The molecule has 0 aliphatic carbocycles. The predicted molar refractivity (Wildman–Crippen MR) is 97.6 cm³/mol. The molecule has 2 heterocycles. The van der Waals surface area contributed by atoms with Gasteiger partial charge in [0.15, 0.2) is 11.5 Å². The zero-order chi connectivity index (χ0) is 18.1. The van der Waals surface area contributed by atoms with E-state index in [0.29, 0.717) is 29.0 Å². The number of nitrogens with zero attached hydrogens (tertiary/aromatic N) is 2. The summed E-state index contributed by atoms with van der Waals surface area (Å²) in [7, 11) is 1.58. The summed E-state index contributed by atoms with van der Waals surface area (Å²) < 4.78 is 16.5. The van der Waals surface area contributed by atoms with Gasteiger partial charge in [-0.15, -0.1) is 0 Å². The molecule has 0 bridgehead atoms. The van der Waals surface area contributed by atoms with Crippen LogP contribution in [0.2, 0.25) is 0 Å². The highest BCUT2D eigenvalue weighted by atomic mass is 16.5. The van der Waals surface area contributed by atoms with Crippen molar-refractivity contribution in [3.05, 3.63) is 28.8 Å². The van der Waals surface area contributed by atoms with E-state index in [1.54, 1.807) is 19.2 Å². The van der Waals surface area contributed by atoms with Gasteiger partial charge >= 0.3 is 0 Å². The summed E-state index contributed by atoms with van der Waals surface area (Å²) in [4.78, 5) is 20.9. The minimum atomic E-state index is -0.184. The normalized spacial score (nSPS) is 14.7. The number of nitrogens with one attached hydrogen (secondary N) is 1. The number of fused-ring (bicyclic) bond motifs is 1. The largest absolute Gasteiger partial charge is 0.493 e. The molecule has 1 aliphatic heterocycles. The van der Waals surface area contributed by atoms with Crippen molar-refractivity contribution in [3.63, 3.8) is 0 Å². The van der Waals surface area contributed by atoms with Crippen molar-refractivity contribution in [2.45, 2.75) is 20.3 Å². The molecular weight excluding hydrogens is 322 g/mol. The number of aromatic amines is 1. The number of methoxy groups -OCH3 is 1. The van der Waals surface area contributed by atoms with E-state index in [1.165, 1.54) is 6.33 Å². The Kier molecular flexibility index (Phi) is 7.69. The van der Waals surface area contributed by atoms with Crippen LogP contribution in [-0.4, -0.2) is 61.4 Å².